The Hall–Kier alpha value is -1.50. The van der Waals surface area contributed by atoms with Crippen LogP contribution in [-0.2, 0) is 4.79 Å². The van der Waals surface area contributed by atoms with Crippen LogP contribution in [0.5, 0.6) is 11.5 Å². The van der Waals surface area contributed by atoms with E-state index in [2.05, 4.69) is 5.32 Å². The Balaban J connectivity index is 1.67. The summed E-state index contributed by atoms with van der Waals surface area (Å²) in [5, 5.41) is 3.37. The van der Waals surface area contributed by atoms with Crippen LogP contribution in [0.25, 0.3) is 0 Å². The molecule has 138 valence electrons. The number of nitrogens with one attached hydrogen (secondary N) is 1. The Kier molecular flexibility index (Phi) is 6.62. The van der Waals surface area contributed by atoms with Gasteiger partial charge in [-0.25, -0.2) is 0 Å². The van der Waals surface area contributed by atoms with Crippen molar-refractivity contribution in [1.82, 2.24) is 0 Å². The van der Waals surface area contributed by atoms with E-state index in [-0.39, 0.29) is 5.91 Å². The van der Waals surface area contributed by atoms with Gasteiger partial charge in [0.1, 0.15) is 0 Å². The molecule has 0 bridgehead atoms. The summed E-state index contributed by atoms with van der Waals surface area (Å²) in [7, 11) is 1.61. The van der Waals surface area contributed by atoms with Crippen molar-refractivity contribution in [2.45, 2.75) is 17.6 Å². The molecule has 1 fully saturated rings. The van der Waals surface area contributed by atoms with Gasteiger partial charge in [-0.2, -0.15) is 0 Å². The Labute approximate surface area is 167 Å². The van der Waals surface area contributed by atoms with Crippen molar-refractivity contribution in [3.8, 4) is 11.5 Å². The molecule has 0 unspecified atom stereocenters. The van der Waals surface area contributed by atoms with E-state index in [0.717, 1.165) is 11.5 Å². The van der Waals surface area contributed by atoms with Gasteiger partial charge in [-0.05, 0) is 42.8 Å². The van der Waals surface area contributed by atoms with Crippen LogP contribution in [0.3, 0.4) is 0 Å². The molecule has 0 saturated carbocycles. The van der Waals surface area contributed by atoms with Crippen molar-refractivity contribution in [3.05, 3.63) is 53.1 Å². The van der Waals surface area contributed by atoms with Crippen LogP contribution in [0.15, 0.2) is 42.5 Å². The van der Waals surface area contributed by atoms with E-state index in [1.54, 1.807) is 38.3 Å². The van der Waals surface area contributed by atoms with E-state index < -0.39 is 6.10 Å². The maximum absolute atomic E-state index is 12.4. The maximum atomic E-state index is 12.4. The van der Waals surface area contributed by atoms with Crippen LogP contribution >= 0.6 is 35.1 Å². The largest absolute Gasteiger partial charge is 0.493 e. The Morgan fingerprint density at radius 1 is 1.19 bits per heavy atom. The van der Waals surface area contributed by atoms with Crippen molar-refractivity contribution in [3.63, 3.8) is 0 Å². The predicted octanol–water partition coefficient (Wildman–Crippen LogP) is 5.23. The minimum atomic E-state index is -0.677. The number of hydrogen-bond acceptors (Lipinski definition) is 5. The number of carbonyl (C=O) groups excluding carboxylic acids is 1. The zero-order chi connectivity index (χ0) is 18.5. The molecule has 2 aromatic rings. The van der Waals surface area contributed by atoms with Gasteiger partial charge in [-0.1, -0.05) is 23.7 Å². The molecular weight excluding hydrogens is 390 g/mol. The van der Waals surface area contributed by atoms with Gasteiger partial charge in [0.15, 0.2) is 17.6 Å². The van der Waals surface area contributed by atoms with Gasteiger partial charge in [-0.3, -0.25) is 4.79 Å². The Morgan fingerprint density at radius 3 is 2.65 bits per heavy atom. The first-order valence-corrected chi connectivity index (χ1v) is 10.7. The highest BCUT2D eigenvalue weighted by Gasteiger charge is 2.21. The summed E-state index contributed by atoms with van der Waals surface area (Å²) in [6, 6.07) is 12.9. The summed E-state index contributed by atoms with van der Waals surface area (Å²) in [5.41, 5.74) is 1.84. The summed E-state index contributed by atoms with van der Waals surface area (Å²) in [5.74, 6) is 3.27. The zero-order valence-corrected chi connectivity index (χ0v) is 16.9. The average molecular weight is 410 g/mol. The third-order valence-electron chi connectivity index (χ3n) is 3.85. The summed E-state index contributed by atoms with van der Waals surface area (Å²) in [6.45, 7) is 1.70. The maximum Gasteiger partial charge on any atom is 0.265 e. The van der Waals surface area contributed by atoms with Crippen LogP contribution in [0.4, 0.5) is 5.69 Å². The molecule has 1 atom stereocenters. The molecule has 1 N–H and O–H groups in total. The lowest BCUT2D eigenvalue weighted by molar-refractivity contribution is -0.122. The Bertz CT molecular complexity index is 781. The second kappa shape index (κ2) is 8.93. The first-order valence-electron chi connectivity index (χ1n) is 8.21. The molecule has 1 amide bonds. The third-order valence-corrected chi connectivity index (χ3v) is 7.19. The fourth-order valence-electron chi connectivity index (χ4n) is 2.53. The van der Waals surface area contributed by atoms with Crippen LogP contribution < -0.4 is 14.8 Å². The quantitative estimate of drug-likeness (QED) is 0.707. The van der Waals surface area contributed by atoms with Gasteiger partial charge in [0.25, 0.3) is 5.91 Å². The number of ether oxygens (including phenoxy) is 2. The van der Waals surface area contributed by atoms with Crippen molar-refractivity contribution >= 4 is 46.7 Å². The molecule has 26 heavy (non-hydrogen) atoms. The molecular formula is C19H20ClNO3S2. The predicted molar refractivity (Wildman–Crippen MR) is 111 cm³/mol. The molecule has 0 aliphatic carbocycles. The summed E-state index contributed by atoms with van der Waals surface area (Å²) in [6.07, 6.45) is -0.677. The molecule has 0 spiro atoms. The SMILES string of the molecule is COc1cc(C2SCCS2)ccc1O[C@H](C)C(=O)Nc1cccc(Cl)c1. The minimum Gasteiger partial charge on any atom is -0.493 e. The van der Waals surface area contributed by atoms with E-state index in [9.17, 15) is 4.79 Å². The van der Waals surface area contributed by atoms with E-state index in [1.807, 2.05) is 41.7 Å². The molecule has 1 aliphatic rings. The molecule has 0 aromatic heterocycles. The van der Waals surface area contributed by atoms with Gasteiger partial charge in [0, 0.05) is 22.2 Å². The number of carbonyl (C=O) groups is 1. The second-order valence-electron chi connectivity index (χ2n) is 5.74. The van der Waals surface area contributed by atoms with Crippen molar-refractivity contribution in [2.75, 3.05) is 23.9 Å². The summed E-state index contributed by atoms with van der Waals surface area (Å²) < 4.78 is 11.7. The monoisotopic (exact) mass is 409 g/mol. The second-order valence-corrected chi connectivity index (χ2v) is 8.90. The molecule has 2 aromatic carbocycles. The highest BCUT2D eigenvalue weighted by molar-refractivity contribution is 8.19. The molecule has 1 saturated heterocycles. The van der Waals surface area contributed by atoms with Gasteiger partial charge in [0.05, 0.1) is 11.7 Å². The van der Waals surface area contributed by atoms with E-state index in [4.69, 9.17) is 21.1 Å². The molecule has 3 rings (SSSR count). The van der Waals surface area contributed by atoms with E-state index in [1.165, 1.54) is 5.56 Å². The Morgan fingerprint density at radius 2 is 1.96 bits per heavy atom. The number of amides is 1. The lowest BCUT2D eigenvalue weighted by Gasteiger charge is -2.18. The van der Waals surface area contributed by atoms with Crippen LogP contribution in [0.1, 0.15) is 17.1 Å². The topological polar surface area (TPSA) is 47.6 Å². The number of benzene rings is 2. The number of methoxy groups -OCH3 is 1. The summed E-state index contributed by atoms with van der Waals surface area (Å²) in [4.78, 5) is 12.4. The third kappa shape index (κ3) is 4.81. The number of anilines is 1. The van der Waals surface area contributed by atoms with Crippen LogP contribution in [0, 0.1) is 0 Å². The average Bonchev–Trinajstić information content (AvgIpc) is 3.16. The zero-order valence-electron chi connectivity index (χ0n) is 14.5. The highest BCUT2D eigenvalue weighted by atomic mass is 35.5. The van der Waals surface area contributed by atoms with Gasteiger partial charge < -0.3 is 14.8 Å². The van der Waals surface area contributed by atoms with Crippen molar-refractivity contribution < 1.29 is 14.3 Å². The van der Waals surface area contributed by atoms with Gasteiger partial charge in [-0.15, -0.1) is 23.5 Å². The normalized spacial score (nSPS) is 15.5. The van der Waals surface area contributed by atoms with Gasteiger partial charge >= 0.3 is 0 Å². The van der Waals surface area contributed by atoms with Crippen molar-refractivity contribution in [2.24, 2.45) is 0 Å². The number of thioether (sulfide) groups is 2. The first-order chi connectivity index (χ1) is 12.6. The first kappa shape index (κ1) is 19.3. The highest BCUT2D eigenvalue weighted by Crippen LogP contribution is 2.47. The molecule has 1 heterocycles. The van der Waals surface area contributed by atoms with E-state index >= 15 is 0 Å². The molecule has 4 nitrogen and oxygen atoms in total. The smallest absolute Gasteiger partial charge is 0.265 e. The fourth-order valence-corrected chi connectivity index (χ4v) is 5.56. The number of rotatable bonds is 6. The summed E-state index contributed by atoms with van der Waals surface area (Å²) >= 11 is 9.81. The van der Waals surface area contributed by atoms with Gasteiger partial charge in [0.2, 0.25) is 0 Å². The fraction of sp³-hybridized carbons (Fsp3) is 0.316. The number of halogens is 1. The molecule has 7 heteroatoms. The lowest BCUT2D eigenvalue weighted by atomic mass is 10.2. The van der Waals surface area contributed by atoms with Crippen LogP contribution in [-0.4, -0.2) is 30.6 Å². The number of hydrogen-bond donors (Lipinski definition) is 1. The molecule has 1 aliphatic heterocycles. The van der Waals surface area contributed by atoms with Crippen molar-refractivity contribution in [1.29, 1.82) is 0 Å². The van der Waals surface area contributed by atoms with E-state index in [0.29, 0.717) is 26.8 Å². The van der Waals surface area contributed by atoms with Crippen LogP contribution in [0.2, 0.25) is 5.02 Å². The standard InChI is InChI=1S/C19H20ClNO3S2/c1-12(18(22)21-15-5-3-4-14(20)11-15)24-16-7-6-13(10-17(16)23-2)19-25-8-9-26-19/h3-7,10-12,19H,8-9H2,1-2H3,(H,21,22)/t12-/m1/s1. The minimum absolute atomic E-state index is 0.250. The molecule has 0 radical (unpaired) electrons. The lowest BCUT2D eigenvalue weighted by Crippen LogP contribution is -2.30.